The van der Waals surface area contributed by atoms with Gasteiger partial charge in [0.15, 0.2) is 5.96 Å². The van der Waals surface area contributed by atoms with Crippen LogP contribution in [0.15, 0.2) is 23.2 Å². The molecule has 0 bridgehead atoms. The molecule has 0 spiro atoms. The van der Waals surface area contributed by atoms with Crippen LogP contribution >= 0.6 is 0 Å². The first-order valence-electron chi connectivity index (χ1n) is 9.29. The zero-order chi connectivity index (χ0) is 18.9. The molecule has 1 saturated heterocycles. The predicted octanol–water partition coefficient (Wildman–Crippen LogP) is 2.38. The topological polar surface area (TPSA) is 48.9 Å². The highest BCUT2D eigenvalue weighted by molar-refractivity contribution is 5.79. The Bertz CT molecular complexity index is 589. The summed E-state index contributed by atoms with van der Waals surface area (Å²) in [5, 5.41) is 6.51. The summed E-state index contributed by atoms with van der Waals surface area (Å²) >= 11 is 0. The van der Waals surface area contributed by atoms with Crippen molar-refractivity contribution in [2.75, 3.05) is 39.4 Å². The maximum absolute atomic E-state index is 13.8. The van der Waals surface area contributed by atoms with Crippen LogP contribution in [0, 0.1) is 17.6 Å². The highest BCUT2D eigenvalue weighted by Gasteiger charge is 2.23. The molecule has 1 aromatic rings. The van der Waals surface area contributed by atoms with E-state index >= 15 is 0 Å². The van der Waals surface area contributed by atoms with Crippen molar-refractivity contribution >= 4 is 5.96 Å². The Morgan fingerprint density at radius 3 is 2.62 bits per heavy atom. The summed E-state index contributed by atoms with van der Waals surface area (Å²) < 4.78 is 32.5. The average molecular weight is 368 g/mol. The molecule has 2 N–H and O–H groups in total. The van der Waals surface area contributed by atoms with Gasteiger partial charge in [-0.25, -0.2) is 13.8 Å². The number of ether oxygens (including phenoxy) is 1. The highest BCUT2D eigenvalue weighted by Crippen LogP contribution is 2.13. The van der Waals surface area contributed by atoms with Gasteiger partial charge in [-0.15, -0.1) is 0 Å². The van der Waals surface area contributed by atoms with E-state index in [0.717, 1.165) is 45.0 Å². The molecule has 1 aliphatic heterocycles. The fraction of sp³-hybridized carbons (Fsp3) is 0.632. The lowest BCUT2D eigenvalue weighted by Gasteiger charge is -2.37. The number of nitrogens with zero attached hydrogens (tertiary/aromatic N) is 2. The zero-order valence-corrected chi connectivity index (χ0v) is 15.9. The van der Waals surface area contributed by atoms with Crippen LogP contribution in [-0.2, 0) is 11.3 Å². The Balaban J connectivity index is 2.00. The molecule has 1 heterocycles. The third-order valence-corrected chi connectivity index (χ3v) is 4.52. The standard InChI is InChI=1S/C19H30F2N4O/c1-4-22-19(23-12-15-11-16(20)5-6-17(15)21)24-13-18(14(2)3)25-7-9-26-10-8-25/h5-6,11,14,18H,4,7-10,12-13H2,1-3H3,(H2,22,23,24). The van der Waals surface area contributed by atoms with Crippen LogP contribution in [0.1, 0.15) is 26.3 Å². The number of benzene rings is 1. The minimum Gasteiger partial charge on any atom is -0.379 e. The fourth-order valence-electron chi connectivity index (χ4n) is 3.07. The first-order valence-corrected chi connectivity index (χ1v) is 9.29. The van der Waals surface area contributed by atoms with Gasteiger partial charge in [0.05, 0.1) is 19.8 Å². The predicted molar refractivity (Wildman–Crippen MR) is 100 cm³/mol. The van der Waals surface area contributed by atoms with Crippen molar-refractivity contribution in [3.05, 3.63) is 35.4 Å². The molecule has 2 rings (SSSR count). The van der Waals surface area contributed by atoms with Crippen molar-refractivity contribution in [3.8, 4) is 0 Å². The Hall–Kier alpha value is -1.73. The van der Waals surface area contributed by atoms with Crippen molar-refractivity contribution in [2.45, 2.75) is 33.4 Å². The molecule has 0 amide bonds. The normalized spacial score (nSPS) is 17.4. The Labute approximate surface area is 154 Å². The van der Waals surface area contributed by atoms with Crippen LogP contribution < -0.4 is 10.6 Å². The second-order valence-electron chi connectivity index (χ2n) is 6.77. The molecule has 7 heteroatoms. The van der Waals surface area contributed by atoms with E-state index in [4.69, 9.17) is 4.74 Å². The van der Waals surface area contributed by atoms with Crippen molar-refractivity contribution in [1.29, 1.82) is 0 Å². The van der Waals surface area contributed by atoms with Crippen molar-refractivity contribution < 1.29 is 13.5 Å². The van der Waals surface area contributed by atoms with Gasteiger partial charge in [0.1, 0.15) is 11.6 Å². The number of rotatable bonds is 7. The van der Waals surface area contributed by atoms with E-state index in [1.807, 2.05) is 6.92 Å². The molecule has 1 aliphatic rings. The molecule has 26 heavy (non-hydrogen) atoms. The first kappa shape index (κ1) is 20.6. The SMILES string of the molecule is CCNC(=NCc1cc(F)ccc1F)NCC(C(C)C)N1CCOCC1. The van der Waals surface area contributed by atoms with Crippen LogP contribution in [-0.4, -0.2) is 56.3 Å². The van der Waals surface area contributed by atoms with Crippen LogP contribution in [0.2, 0.25) is 0 Å². The molecule has 1 atom stereocenters. The lowest BCUT2D eigenvalue weighted by Crippen LogP contribution is -2.52. The molecular formula is C19H30F2N4O. The maximum Gasteiger partial charge on any atom is 0.191 e. The van der Waals surface area contributed by atoms with Crippen molar-refractivity contribution in [2.24, 2.45) is 10.9 Å². The van der Waals surface area contributed by atoms with Crippen molar-refractivity contribution in [1.82, 2.24) is 15.5 Å². The molecule has 0 radical (unpaired) electrons. The summed E-state index contributed by atoms with van der Waals surface area (Å²) in [5.41, 5.74) is 0.246. The van der Waals surface area contributed by atoms with E-state index in [0.29, 0.717) is 24.5 Å². The summed E-state index contributed by atoms with van der Waals surface area (Å²) in [7, 11) is 0. The van der Waals surface area contributed by atoms with E-state index in [1.165, 1.54) is 6.07 Å². The average Bonchev–Trinajstić information content (AvgIpc) is 2.63. The number of hydrogen-bond donors (Lipinski definition) is 2. The summed E-state index contributed by atoms with van der Waals surface area (Å²) in [6.07, 6.45) is 0. The Kier molecular flexibility index (Phi) is 8.25. The van der Waals surface area contributed by atoms with Gasteiger partial charge in [-0.2, -0.15) is 0 Å². The smallest absolute Gasteiger partial charge is 0.191 e. The van der Waals surface area contributed by atoms with E-state index in [1.54, 1.807) is 0 Å². The second kappa shape index (κ2) is 10.4. The van der Waals surface area contributed by atoms with Crippen molar-refractivity contribution in [3.63, 3.8) is 0 Å². The Morgan fingerprint density at radius 2 is 1.96 bits per heavy atom. The highest BCUT2D eigenvalue weighted by atomic mass is 19.1. The number of guanidine groups is 1. The molecule has 0 aromatic heterocycles. The number of hydrogen-bond acceptors (Lipinski definition) is 3. The lowest BCUT2D eigenvalue weighted by atomic mass is 10.0. The molecule has 1 fully saturated rings. The first-order chi connectivity index (χ1) is 12.5. The van der Waals surface area contributed by atoms with E-state index < -0.39 is 11.6 Å². The quantitative estimate of drug-likeness (QED) is 0.573. The van der Waals surface area contributed by atoms with Gasteiger partial charge in [-0.1, -0.05) is 13.8 Å². The third kappa shape index (κ3) is 6.21. The van der Waals surface area contributed by atoms with Gasteiger partial charge in [-0.05, 0) is 31.0 Å². The van der Waals surface area contributed by atoms with Gasteiger partial charge in [0.2, 0.25) is 0 Å². The minimum atomic E-state index is -0.457. The van der Waals surface area contributed by atoms with Crippen LogP contribution in [0.4, 0.5) is 8.78 Å². The van der Waals surface area contributed by atoms with E-state index in [2.05, 4.69) is 34.4 Å². The molecule has 146 valence electrons. The van der Waals surface area contributed by atoms with Gasteiger partial charge < -0.3 is 15.4 Å². The minimum absolute atomic E-state index is 0.0861. The molecule has 1 unspecified atom stereocenters. The van der Waals surface area contributed by atoms with Crippen LogP contribution in [0.25, 0.3) is 0 Å². The largest absolute Gasteiger partial charge is 0.379 e. The molecule has 1 aromatic carbocycles. The zero-order valence-electron chi connectivity index (χ0n) is 15.9. The summed E-state index contributed by atoms with van der Waals surface area (Å²) in [6, 6.07) is 3.79. The van der Waals surface area contributed by atoms with E-state index in [-0.39, 0.29) is 12.1 Å². The number of nitrogens with one attached hydrogen (secondary N) is 2. The van der Waals surface area contributed by atoms with Crippen LogP contribution in [0.3, 0.4) is 0 Å². The molecule has 5 nitrogen and oxygen atoms in total. The summed E-state index contributed by atoms with van der Waals surface area (Å²) in [5.74, 6) is 0.181. The third-order valence-electron chi connectivity index (χ3n) is 4.52. The molecule has 0 saturated carbocycles. The van der Waals surface area contributed by atoms with Gasteiger partial charge in [0.25, 0.3) is 0 Å². The summed E-state index contributed by atoms with van der Waals surface area (Å²) in [4.78, 5) is 6.83. The second-order valence-corrected chi connectivity index (χ2v) is 6.77. The lowest BCUT2D eigenvalue weighted by molar-refractivity contribution is 0.00752. The van der Waals surface area contributed by atoms with Gasteiger partial charge in [-0.3, -0.25) is 4.90 Å². The van der Waals surface area contributed by atoms with Gasteiger partial charge >= 0.3 is 0 Å². The number of aliphatic imine (C=N–C) groups is 1. The van der Waals surface area contributed by atoms with Gasteiger partial charge in [0, 0.05) is 37.8 Å². The number of morpholine rings is 1. The monoisotopic (exact) mass is 368 g/mol. The Morgan fingerprint density at radius 1 is 1.23 bits per heavy atom. The fourth-order valence-corrected chi connectivity index (χ4v) is 3.07. The maximum atomic E-state index is 13.8. The number of halogens is 2. The van der Waals surface area contributed by atoms with E-state index in [9.17, 15) is 8.78 Å². The summed E-state index contributed by atoms with van der Waals surface area (Å²) in [6.45, 7) is 11.3. The molecule has 0 aliphatic carbocycles. The van der Waals surface area contributed by atoms with Crippen LogP contribution in [0.5, 0.6) is 0 Å². The molecular weight excluding hydrogens is 338 g/mol.